The number of ether oxygens (including phenoxy) is 2. The lowest BCUT2D eigenvalue weighted by atomic mass is 10.1. The number of methoxy groups -OCH3 is 2. The van der Waals surface area contributed by atoms with E-state index in [1.54, 1.807) is 6.07 Å². The number of amides is 1. The topological polar surface area (TPSA) is 121 Å². The Hall–Kier alpha value is -3.66. The second kappa shape index (κ2) is 8.23. The van der Waals surface area contributed by atoms with Crippen molar-refractivity contribution in [1.29, 1.82) is 0 Å². The minimum Gasteiger partial charge on any atom is -0.497 e. The average Bonchev–Trinajstić information content (AvgIpc) is 3.48. The Labute approximate surface area is 180 Å². The number of carbonyl (C=O) groups excluding carboxylic acids is 2. The second-order valence-electron chi connectivity index (χ2n) is 6.81. The van der Waals surface area contributed by atoms with E-state index < -0.39 is 16.8 Å². The minimum absolute atomic E-state index is 0.0375. The summed E-state index contributed by atoms with van der Waals surface area (Å²) in [5, 5.41) is 14.6. The molecule has 3 aromatic rings. The summed E-state index contributed by atoms with van der Waals surface area (Å²) in [6, 6.07) is 7.27. The summed E-state index contributed by atoms with van der Waals surface area (Å²) < 4.78 is 15.5. The van der Waals surface area contributed by atoms with Crippen molar-refractivity contribution in [3.63, 3.8) is 0 Å². The highest BCUT2D eigenvalue weighted by molar-refractivity contribution is 7.17. The molecule has 0 saturated heterocycles. The van der Waals surface area contributed by atoms with Crippen LogP contribution < -0.4 is 10.1 Å². The van der Waals surface area contributed by atoms with Crippen LogP contribution in [-0.2, 0) is 17.6 Å². The molecule has 0 radical (unpaired) electrons. The number of nitrogens with zero attached hydrogens (tertiary/aromatic N) is 1. The molecular weight excluding hydrogens is 424 g/mol. The Kier molecular flexibility index (Phi) is 5.47. The molecule has 0 unspecified atom stereocenters. The Bertz CT molecular complexity index is 1190. The van der Waals surface area contributed by atoms with Crippen LogP contribution in [0.25, 0.3) is 11.3 Å². The van der Waals surface area contributed by atoms with Gasteiger partial charge in [-0.1, -0.05) is 0 Å². The normalized spacial score (nSPS) is 12.3. The first-order valence-electron chi connectivity index (χ1n) is 9.39. The molecule has 0 saturated carbocycles. The first-order valence-corrected chi connectivity index (χ1v) is 10.2. The highest BCUT2D eigenvalue weighted by atomic mass is 32.1. The number of hydrogen-bond acceptors (Lipinski definition) is 8. The molecule has 2 aromatic heterocycles. The van der Waals surface area contributed by atoms with Crippen LogP contribution in [0.4, 0.5) is 10.7 Å². The Morgan fingerprint density at radius 2 is 2.00 bits per heavy atom. The van der Waals surface area contributed by atoms with Crippen LogP contribution in [0.5, 0.6) is 5.75 Å². The largest absolute Gasteiger partial charge is 0.497 e. The lowest BCUT2D eigenvalue weighted by Gasteiger charge is -2.06. The average molecular weight is 442 g/mol. The molecule has 0 aliphatic heterocycles. The zero-order valence-electron chi connectivity index (χ0n) is 16.7. The summed E-state index contributed by atoms with van der Waals surface area (Å²) in [5.74, 6) is -0.594. The zero-order chi connectivity index (χ0) is 22.1. The number of nitrogens with one attached hydrogen (secondary N) is 1. The van der Waals surface area contributed by atoms with Gasteiger partial charge in [-0.05, 0) is 49.1 Å². The molecule has 31 heavy (non-hydrogen) atoms. The third-order valence-corrected chi connectivity index (χ3v) is 6.24. The number of rotatable bonds is 6. The van der Waals surface area contributed by atoms with Gasteiger partial charge in [0.2, 0.25) is 0 Å². The first-order chi connectivity index (χ1) is 14.9. The van der Waals surface area contributed by atoms with E-state index in [-0.39, 0.29) is 22.8 Å². The molecule has 1 aliphatic rings. The van der Waals surface area contributed by atoms with Gasteiger partial charge in [-0.3, -0.25) is 14.9 Å². The number of hydrogen-bond donors (Lipinski definition) is 1. The molecule has 4 rings (SSSR count). The number of nitro benzene ring substituents is 1. The molecule has 2 heterocycles. The van der Waals surface area contributed by atoms with Gasteiger partial charge in [-0.15, -0.1) is 11.3 Å². The van der Waals surface area contributed by atoms with Crippen molar-refractivity contribution in [3.8, 4) is 17.1 Å². The van der Waals surface area contributed by atoms with Crippen LogP contribution in [0.1, 0.15) is 37.8 Å². The Morgan fingerprint density at radius 1 is 1.19 bits per heavy atom. The fourth-order valence-electron chi connectivity index (χ4n) is 3.58. The minimum atomic E-state index is -0.563. The molecule has 1 N–H and O–H groups in total. The predicted molar refractivity (Wildman–Crippen MR) is 113 cm³/mol. The van der Waals surface area contributed by atoms with Gasteiger partial charge in [0.05, 0.1) is 36.3 Å². The summed E-state index contributed by atoms with van der Waals surface area (Å²) in [6.45, 7) is 0. The van der Waals surface area contributed by atoms with E-state index in [4.69, 9.17) is 13.9 Å². The number of esters is 1. The maximum Gasteiger partial charge on any atom is 0.341 e. The molecule has 160 valence electrons. The van der Waals surface area contributed by atoms with Gasteiger partial charge < -0.3 is 19.2 Å². The summed E-state index contributed by atoms with van der Waals surface area (Å²) in [5.41, 5.74) is 1.31. The highest BCUT2D eigenvalue weighted by Crippen LogP contribution is 2.40. The fraction of sp³-hybridized carbons (Fsp3) is 0.238. The molecule has 1 aliphatic carbocycles. The lowest BCUT2D eigenvalue weighted by Crippen LogP contribution is -2.14. The van der Waals surface area contributed by atoms with Crippen molar-refractivity contribution in [2.45, 2.75) is 19.3 Å². The van der Waals surface area contributed by atoms with E-state index in [9.17, 15) is 19.7 Å². The van der Waals surface area contributed by atoms with Crippen LogP contribution in [-0.4, -0.2) is 31.0 Å². The third kappa shape index (κ3) is 3.77. The zero-order valence-corrected chi connectivity index (χ0v) is 17.5. The number of anilines is 1. The van der Waals surface area contributed by atoms with Crippen molar-refractivity contribution in [2.24, 2.45) is 0 Å². The quantitative estimate of drug-likeness (QED) is 0.340. The Balaban J connectivity index is 1.62. The predicted octanol–water partition coefficient (Wildman–Crippen LogP) is 4.45. The number of furan rings is 1. The SMILES string of the molecule is COC(=O)c1c(NC(=O)c2ccc(-c3ccc(OC)cc3[N+](=O)[O-])o2)sc2c1CCC2. The molecule has 9 nitrogen and oxygen atoms in total. The van der Waals surface area contributed by atoms with Crippen molar-refractivity contribution in [3.05, 3.63) is 62.2 Å². The summed E-state index contributed by atoms with van der Waals surface area (Å²) >= 11 is 1.35. The third-order valence-electron chi connectivity index (χ3n) is 5.03. The van der Waals surface area contributed by atoms with Gasteiger partial charge in [-0.2, -0.15) is 0 Å². The van der Waals surface area contributed by atoms with Gasteiger partial charge in [-0.25, -0.2) is 4.79 Å². The number of nitro groups is 1. The summed E-state index contributed by atoms with van der Waals surface area (Å²) in [4.78, 5) is 37.0. The molecule has 0 fully saturated rings. The second-order valence-corrected chi connectivity index (χ2v) is 7.92. The Morgan fingerprint density at radius 3 is 2.71 bits per heavy atom. The fourth-order valence-corrected chi connectivity index (χ4v) is 4.85. The number of fused-ring (bicyclic) bond motifs is 1. The van der Waals surface area contributed by atoms with Gasteiger partial charge in [0, 0.05) is 4.88 Å². The number of carbonyl (C=O) groups is 2. The standard InChI is InChI=1S/C21H18N2O7S/c1-28-11-6-7-12(14(10-11)23(26)27)15-8-9-16(30-15)19(24)22-20-18(21(25)29-2)13-4-3-5-17(13)31-20/h6-10H,3-5H2,1-2H3,(H,22,24). The monoisotopic (exact) mass is 442 g/mol. The number of thiophene rings is 1. The van der Waals surface area contributed by atoms with E-state index in [1.807, 2.05) is 0 Å². The molecule has 0 bridgehead atoms. The van der Waals surface area contributed by atoms with E-state index in [2.05, 4.69) is 5.32 Å². The highest BCUT2D eigenvalue weighted by Gasteiger charge is 2.29. The molecule has 0 spiro atoms. The molecule has 1 amide bonds. The smallest absolute Gasteiger partial charge is 0.341 e. The van der Waals surface area contributed by atoms with Gasteiger partial charge >= 0.3 is 5.97 Å². The van der Waals surface area contributed by atoms with E-state index in [0.717, 1.165) is 29.7 Å². The van der Waals surface area contributed by atoms with Crippen molar-refractivity contribution in [1.82, 2.24) is 0 Å². The van der Waals surface area contributed by atoms with Crippen LogP contribution in [0.15, 0.2) is 34.7 Å². The van der Waals surface area contributed by atoms with E-state index in [0.29, 0.717) is 16.3 Å². The van der Waals surface area contributed by atoms with Crippen LogP contribution in [0.3, 0.4) is 0 Å². The molecule has 0 atom stereocenters. The van der Waals surface area contributed by atoms with E-state index >= 15 is 0 Å². The van der Waals surface area contributed by atoms with Crippen LogP contribution in [0.2, 0.25) is 0 Å². The maximum absolute atomic E-state index is 12.8. The number of aryl methyl sites for hydroxylation is 1. The van der Waals surface area contributed by atoms with E-state index in [1.165, 1.54) is 49.8 Å². The van der Waals surface area contributed by atoms with Gasteiger partial charge in [0.1, 0.15) is 16.5 Å². The van der Waals surface area contributed by atoms with Gasteiger partial charge in [0.25, 0.3) is 11.6 Å². The molecule has 10 heteroatoms. The molecule has 1 aromatic carbocycles. The van der Waals surface area contributed by atoms with Crippen LogP contribution >= 0.6 is 11.3 Å². The lowest BCUT2D eigenvalue weighted by molar-refractivity contribution is -0.384. The van der Waals surface area contributed by atoms with Crippen molar-refractivity contribution >= 4 is 33.9 Å². The summed E-state index contributed by atoms with van der Waals surface area (Å²) in [6.07, 6.45) is 2.58. The maximum atomic E-state index is 12.8. The molecular formula is C21H18N2O7S. The number of benzene rings is 1. The summed E-state index contributed by atoms with van der Waals surface area (Å²) in [7, 11) is 2.71. The van der Waals surface area contributed by atoms with Crippen molar-refractivity contribution in [2.75, 3.05) is 19.5 Å². The van der Waals surface area contributed by atoms with Gasteiger partial charge in [0.15, 0.2) is 5.76 Å². The van der Waals surface area contributed by atoms with Crippen LogP contribution in [0, 0.1) is 10.1 Å². The first kappa shape index (κ1) is 20.6. The van der Waals surface area contributed by atoms with Crippen molar-refractivity contribution < 1.29 is 28.4 Å².